The van der Waals surface area contributed by atoms with Crippen molar-refractivity contribution in [2.75, 3.05) is 7.11 Å². The monoisotopic (exact) mass is 227 g/mol. The van der Waals surface area contributed by atoms with Gasteiger partial charge in [0.25, 0.3) is 0 Å². The van der Waals surface area contributed by atoms with Gasteiger partial charge in [0.1, 0.15) is 5.54 Å². The van der Waals surface area contributed by atoms with E-state index in [-0.39, 0.29) is 5.97 Å². The number of carbonyl (C=O) groups is 1. The molecule has 94 valence electrons. The lowest BCUT2D eigenvalue weighted by molar-refractivity contribution is -0.149. The van der Waals surface area contributed by atoms with Crippen LogP contribution in [0.3, 0.4) is 0 Å². The van der Waals surface area contributed by atoms with E-state index < -0.39 is 5.54 Å². The van der Waals surface area contributed by atoms with Crippen LogP contribution in [0.15, 0.2) is 0 Å². The molecule has 1 rings (SSSR count). The first-order chi connectivity index (χ1) is 7.50. The van der Waals surface area contributed by atoms with E-state index in [4.69, 9.17) is 4.74 Å². The molecule has 0 spiro atoms. The lowest BCUT2D eigenvalue weighted by atomic mass is 9.89. The Bertz CT molecular complexity index is 240. The number of hydrogen-bond acceptors (Lipinski definition) is 3. The molecular weight excluding hydrogens is 202 g/mol. The normalized spacial score (nSPS) is 31.2. The van der Waals surface area contributed by atoms with Crippen molar-refractivity contribution in [1.29, 1.82) is 0 Å². The Morgan fingerprint density at radius 2 is 2.06 bits per heavy atom. The molecule has 0 heterocycles. The molecule has 1 saturated carbocycles. The van der Waals surface area contributed by atoms with Gasteiger partial charge in [-0.2, -0.15) is 0 Å². The van der Waals surface area contributed by atoms with E-state index in [2.05, 4.69) is 26.1 Å². The lowest BCUT2D eigenvalue weighted by Crippen LogP contribution is -2.55. The SMILES string of the molecule is COC(=O)C1(NC(C)C)CCCC(C)CC1. The van der Waals surface area contributed by atoms with Gasteiger partial charge in [0.2, 0.25) is 0 Å². The van der Waals surface area contributed by atoms with Gasteiger partial charge in [0.15, 0.2) is 0 Å². The summed E-state index contributed by atoms with van der Waals surface area (Å²) in [5, 5.41) is 3.43. The summed E-state index contributed by atoms with van der Waals surface area (Å²) >= 11 is 0. The Morgan fingerprint density at radius 3 is 2.62 bits per heavy atom. The van der Waals surface area contributed by atoms with Crippen LogP contribution in [-0.2, 0) is 9.53 Å². The molecule has 2 unspecified atom stereocenters. The summed E-state index contributed by atoms with van der Waals surface area (Å²) in [7, 11) is 1.49. The molecule has 0 amide bonds. The van der Waals surface area contributed by atoms with Crippen molar-refractivity contribution in [2.45, 2.75) is 64.5 Å². The van der Waals surface area contributed by atoms with Gasteiger partial charge in [-0.25, -0.2) is 0 Å². The lowest BCUT2D eigenvalue weighted by Gasteiger charge is -2.33. The van der Waals surface area contributed by atoms with Crippen molar-refractivity contribution in [3.8, 4) is 0 Å². The van der Waals surface area contributed by atoms with E-state index in [1.54, 1.807) is 0 Å². The zero-order valence-corrected chi connectivity index (χ0v) is 11.0. The van der Waals surface area contributed by atoms with Crippen molar-refractivity contribution in [3.05, 3.63) is 0 Å². The highest BCUT2D eigenvalue weighted by atomic mass is 16.5. The average Bonchev–Trinajstić information content (AvgIpc) is 2.40. The van der Waals surface area contributed by atoms with E-state index in [0.29, 0.717) is 6.04 Å². The van der Waals surface area contributed by atoms with Crippen molar-refractivity contribution in [1.82, 2.24) is 5.32 Å². The van der Waals surface area contributed by atoms with Crippen molar-refractivity contribution in [3.63, 3.8) is 0 Å². The third-order valence-corrected chi connectivity index (χ3v) is 3.51. The van der Waals surface area contributed by atoms with Crippen LogP contribution in [0.5, 0.6) is 0 Å². The fraction of sp³-hybridized carbons (Fsp3) is 0.923. The average molecular weight is 227 g/mol. The molecule has 1 N–H and O–H groups in total. The number of nitrogens with one attached hydrogen (secondary N) is 1. The maximum Gasteiger partial charge on any atom is 0.326 e. The smallest absolute Gasteiger partial charge is 0.326 e. The summed E-state index contributed by atoms with van der Waals surface area (Å²) < 4.78 is 4.98. The molecule has 0 radical (unpaired) electrons. The van der Waals surface area contributed by atoms with E-state index >= 15 is 0 Å². The maximum atomic E-state index is 12.0. The highest BCUT2D eigenvalue weighted by Crippen LogP contribution is 2.31. The Hall–Kier alpha value is -0.570. The van der Waals surface area contributed by atoms with Crippen molar-refractivity contribution in [2.24, 2.45) is 5.92 Å². The molecule has 0 aromatic heterocycles. The predicted octanol–water partition coefficient (Wildman–Crippen LogP) is 2.50. The number of hydrogen-bond donors (Lipinski definition) is 1. The number of rotatable bonds is 3. The fourth-order valence-electron chi connectivity index (χ4n) is 2.67. The van der Waals surface area contributed by atoms with Gasteiger partial charge in [-0.05, 0) is 39.0 Å². The number of ether oxygens (including phenoxy) is 1. The van der Waals surface area contributed by atoms with Gasteiger partial charge >= 0.3 is 5.97 Å². The topological polar surface area (TPSA) is 38.3 Å². The molecule has 1 aliphatic carbocycles. The standard InChI is InChI=1S/C13H25NO2/c1-10(2)14-13(12(15)16-4)8-5-6-11(3)7-9-13/h10-11,14H,5-9H2,1-4H3. The summed E-state index contributed by atoms with van der Waals surface area (Å²) in [6.07, 6.45) is 5.24. The highest BCUT2D eigenvalue weighted by molar-refractivity contribution is 5.80. The first-order valence-electron chi connectivity index (χ1n) is 6.36. The van der Waals surface area contributed by atoms with E-state index in [0.717, 1.165) is 31.6 Å². The van der Waals surface area contributed by atoms with Gasteiger partial charge in [-0.15, -0.1) is 0 Å². The van der Waals surface area contributed by atoms with Crippen LogP contribution in [0.2, 0.25) is 0 Å². The maximum absolute atomic E-state index is 12.0. The van der Waals surface area contributed by atoms with Crippen LogP contribution < -0.4 is 5.32 Å². The molecule has 3 heteroatoms. The second kappa shape index (κ2) is 5.67. The first kappa shape index (κ1) is 13.5. The summed E-state index contributed by atoms with van der Waals surface area (Å²) in [6.45, 7) is 6.43. The van der Waals surface area contributed by atoms with E-state index in [9.17, 15) is 4.79 Å². The van der Waals surface area contributed by atoms with Gasteiger partial charge in [0, 0.05) is 6.04 Å². The molecule has 16 heavy (non-hydrogen) atoms. The minimum Gasteiger partial charge on any atom is -0.468 e. The molecule has 0 aliphatic heterocycles. The highest BCUT2D eigenvalue weighted by Gasteiger charge is 2.40. The molecule has 1 fully saturated rings. The predicted molar refractivity (Wildman–Crippen MR) is 65.3 cm³/mol. The Kier molecular flexibility index (Phi) is 4.78. The Balaban J connectivity index is 2.80. The molecule has 3 nitrogen and oxygen atoms in total. The Morgan fingerprint density at radius 1 is 1.38 bits per heavy atom. The quantitative estimate of drug-likeness (QED) is 0.594. The van der Waals surface area contributed by atoms with Crippen molar-refractivity contribution < 1.29 is 9.53 Å². The fourth-order valence-corrected chi connectivity index (χ4v) is 2.67. The van der Waals surface area contributed by atoms with Gasteiger partial charge in [-0.1, -0.05) is 19.8 Å². The molecule has 0 saturated heterocycles. The van der Waals surface area contributed by atoms with Crippen LogP contribution >= 0.6 is 0 Å². The molecule has 0 aromatic rings. The minimum absolute atomic E-state index is 0.0877. The van der Waals surface area contributed by atoms with Crippen LogP contribution in [0, 0.1) is 5.92 Å². The molecule has 1 aliphatic rings. The third-order valence-electron chi connectivity index (χ3n) is 3.51. The second-order valence-electron chi connectivity index (χ2n) is 5.41. The van der Waals surface area contributed by atoms with Gasteiger partial charge in [0.05, 0.1) is 7.11 Å². The van der Waals surface area contributed by atoms with Gasteiger partial charge < -0.3 is 4.74 Å². The second-order valence-corrected chi connectivity index (χ2v) is 5.41. The van der Waals surface area contributed by atoms with Crippen LogP contribution in [0.1, 0.15) is 52.9 Å². The van der Waals surface area contributed by atoms with E-state index in [1.807, 2.05) is 0 Å². The Labute approximate surface area is 98.9 Å². The summed E-state index contributed by atoms with van der Waals surface area (Å²) in [5.74, 6) is 0.635. The number of methoxy groups -OCH3 is 1. The number of esters is 1. The molecule has 0 bridgehead atoms. The summed E-state index contributed by atoms with van der Waals surface area (Å²) in [5.41, 5.74) is -0.437. The first-order valence-corrected chi connectivity index (χ1v) is 6.36. The molecule has 0 aromatic carbocycles. The largest absolute Gasteiger partial charge is 0.468 e. The molecular formula is C13H25NO2. The zero-order chi connectivity index (χ0) is 12.2. The zero-order valence-electron chi connectivity index (χ0n) is 11.0. The molecule has 2 atom stereocenters. The summed E-state index contributed by atoms with van der Waals surface area (Å²) in [4.78, 5) is 12.0. The minimum atomic E-state index is -0.437. The third kappa shape index (κ3) is 3.21. The summed E-state index contributed by atoms with van der Waals surface area (Å²) in [6, 6.07) is 0.313. The van der Waals surface area contributed by atoms with Crippen LogP contribution in [0.4, 0.5) is 0 Å². The van der Waals surface area contributed by atoms with Crippen molar-refractivity contribution >= 4 is 5.97 Å². The van der Waals surface area contributed by atoms with Crippen LogP contribution in [0.25, 0.3) is 0 Å². The number of carbonyl (C=O) groups excluding carboxylic acids is 1. The van der Waals surface area contributed by atoms with Gasteiger partial charge in [-0.3, -0.25) is 10.1 Å². The van der Waals surface area contributed by atoms with E-state index in [1.165, 1.54) is 13.5 Å². The van der Waals surface area contributed by atoms with Crippen LogP contribution in [-0.4, -0.2) is 24.7 Å².